The van der Waals surface area contributed by atoms with Crippen molar-refractivity contribution in [3.8, 4) is 11.5 Å². The Balaban J connectivity index is 1.39. The van der Waals surface area contributed by atoms with Crippen LogP contribution in [0.15, 0.2) is 143 Å². The Labute approximate surface area is 264 Å². The smallest absolute Gasteiger partial charge is 0.262 e. The van der Waals surface area contributed by atoms with E-state index in [2.05, 4.69) is 133 Å². The van der Waals surface area contributed by atoms with Crippen molar-refractivity contribution >= 4 is 34.5 Å². The lowest BCUT2D eigenvalue weighted by molar-refractivity contribution is 0.275. The molecule has 2 atom stereocenters. The second-order valence-electron chi connectivity index (χ2n) is 12.3. The number of pyridine rings is 1. The molecule has 0 radical (unpaired) electrons. The third-order valence-electron chi connectivity index (χ3n) is 9.41. The van der Waals surface area contributed by atoms with Crippen LogP contribution in [0.4, 0.5) is 5.88 Å². The van der Waals surface area contributed by atoms with E-state index in [1.165, 1.54) is 21.5 Å². The zero-order chi connectivity index (χ0) is 30.4. The van der Waals surface area contributed by atoms with Crippen LogP contribution >= 0.6 is 7.26 Å². The lowest BCUT2D eigenvalue weighted by atomic mass is 9.83. The van der Waals surface area contributed by atoms with Crippen molar-refractivity contribution in [2.75, 3.05) is 18.0 Å². The van der Waals surface area contributed by atoms with E-state index in [0.717, 1.165) is 48.6 Å². The summed E-state index contributed by atoms with van der Waals surface area (Å²) in [6, 6.07) is 46.8. The Kier molecular flexibility index (Phi) is 6.99. The average Bonchev–Trinajstić information content (AvgIpc) is 3.53. The first kappa shape index (κ1) is 27.8. The molecular weight excluding hydrogens is 573 g/mol. The van der Waals surface area contributed by atoms with Gasteiger partial charge in [-0.05, 0) is 73.9 Å². The average molecular weight is 609 g/mol. The lowest BCUT2D eigenvalue weighted by Crippen LogP contribution is -2.49. The first-order valence-corrected chi connectivity index (χ1v) is 17.5. The minimum absolute atomic E-state index is 0.0971. The molecule has 4 aromatic carbocycles. The van der Waals surface area contributed by atoms with Gasteiger partial charge in [-0.25, -0.2) is 0 Å². The molecule has 4 heterocycles. The van der Waals surface area contributed by atoms with Crippen molar-refractivity contribution < 1.29 is 4.42 Å². The normalized spacial score (nSPS) is 17.6. The summed E-state index contributed by atoms with van der Waals surface area (Å²) in [5.74, 6) is 2.07. The van der Waals surface area contributed by atoms with Crippen molar-refractivity contribution in [2.24, 2.45) is 5.92 Å². The summed E-state index contributed by atoms with van der Waals surface area (Å²) in [7, 11) is -2.52. The Hall–Kier alpha value is -4.73. The molecule has 6 heteroatoms. The molecule has 0 aliphatic carbocycles. The number of fused-ring (bicyclic) bond motifs is 4. The molecule has 45 heavy (non-hydrogen) atoms. The molecule has 8 rings (SSSR count). The number of rotatable bonds is 6. The Morgan fingerprint density at radius 2 is 1.29 bits per heavy atom. The predicted octanol–water partition coefficient (Wildman–Crippen LogP) is 6.05. The number of hydrogen-bond donors (Lipinski definition) is 0. The summed E-state index contributed by atoms with van der Waals surface area (Å²) in [6.45, 7) is 4.41. The molecule has 0 N–H and O–H groups in total. The third kappa shape index (κ3) is 4.74. The van der Waals surface area contributed by atoms with Crippen molar-refractivity contribution in [3.05, 3.63) is 155 Å². The van der Waals surface area contributed by atoms with Gasteiger partial charge >= 0.3 is 0 Å². The highest BCUT2D eigenvalue weighted by molar-refractivity contribution is 8.01. The fourth-order valence-corrected chi connectivity index (χ4v) is 11.6. The third-order valence-corrected chi connectivity index (χ3v) is 13.6. The number of anilines is 1. The number of hydrogen-bond acceptors (Lipinski definition) is 4. The number of nitrogens with zero attached hydrogens (tertiary/aromatic N) is 3. The van der Waals surface area contributed by atoms with E-state index in [1.807, 2.05) is 10.6 Å². The second kappa shape index (κ2) is 11.3. The summed E-state index contributed by atoms with van der Waals surface area (Å²) >= 11 is 0. The van der Waals surface area contributed by atoms with E-state index in [0.29, 0.717) is 11.8 Å². The fraction of sp³-hybridized carbons (Fsp3) is 0.179. The van der Waals surface area contributed by atoms with E-state index < -0.39 is 7.26 Å². The zero-order valence-corrected chi connectivity index (χ0v) is 26.2. The van der Waals surface area contributed by atoms with Gasteiger partial charge in [0.2, 0.25) is 5.89 Å². The molecular formula is C39H35N3O2P+. The predicted molar refractivity (Wildman–Crippen MR) is 185 cm³/mol. The summed E-state index contributed by atoms with van der Waals surface area (Å²) in [5.41, 5.74) is 4.38. The molecule has 222 valence electrons. The van der Waals surface area contributed by atoms with Gasteiger partial charge in [0, 0.05) is 42.9 Å². The minimum atomic E-state index is -2.52. The molecule has 1 saturated heterocycles. The molecule has 1 fully saturated rings. The lowest BCUT2D eigenvalue weighted by Gasteiger charge is -2.42. The van der Waals surface area contributed by atoms with Gasteiger partial charge in [0.05, 0.1) is 0 Å². The maximum Gasteiger partial charge on any atom is 0.262 e. The number of benzene rings is 4. The molecule has 2 aliphatic rings. The van der Waals surface area contributed by atoms with Gasteiger partial charge in [0.1, 0.15) is 15.9 Å². The topological polar surface area (TPSA) is 51.3 Å². The second-order valence-corrected chi connectivity index (χ2v) is 15.6. The molecule has 0 amide bonds. The number of oxazole rings is 1. The van der Waals surface area contributed by atoms with Crippen LogP contribution in [0.3, 0.4) is 0 Å². The molecule has 0 unspecified atom stereocenters. The molecule has 0 saturated carbocycles. The molecule has 2 aliphatic heterocycles. The molecule has 5 nitrogen and oxygen atoms in total. The molecule has 2 aromatic heterocycles. The highest BCUT2D eigenvalue weighted by atomic mass is 31.2. The zero-order valence-electron chi connectivity index (χ0n) is 25.3. The van der Waals surface area contributed by atoms with E-state index in [4.69, 9.17) is 9.40 Å². The highest BCUT2D eigenvalue weighted by Crippen LogP contribution is 2.56. The highest BCUT2D eigenvalue weighted by Gasteiger charge is 2.54. The van der Waals surface area contributed by atoms with E-state index in [-0.39, 0.29) is 11.5 Å². The van der Waals surface area contributed by atoms with Crippen molar-refractivity contribution in [2.45, 2.75) is 25.8 Å². The minimum Gasteiger partial charge on any atom is -0.416 e. The Morgan fingerprint density at radius 1 is 0.689 bits per heavy atom. The van der Waals surface area contributed by atoms with Crippen molar-refractivity contribution in [1.82, 2.24) is 9.55 Å². The Bertz CT molecular complexity index is 1910. The molecule has 6 aromatic rings. The van der Waals surface area contributed by atoms with Crippen LogP contribution in [0.25, 0.3) is 11.5 Å². The molecule has 2 bridgehead atoms. The van der Waals surface area contributed by atoms with Gasteiger partial charge in [0.15, 0.2) is 7.26 Å². The number of piperidine rings is 1. The van der Waals surface area contributed by atoms with Crippen molar-refractivity contribution in [1.29, 1.82) is 0 Å². The van der Waals surface area contributed by atoms with Crippen LogP contribution in [0, 0.1) is 12.8 Å². The van der Waals surface area contributed by atoms with Crippen molar-refractivity contribution in [3.63, 3.8) is 0 Å². The first-order valence-electron chi connectivity index (χ1n) is 15.7. The fourth-order valence-electron chi connectivity index (χ4n) is 7.38. The Morgan fingerprint density at radius 3 is 1.89 bits per heavy atom. The van der Waals surface area contributed by atoms with Crippen LogP contribution in [-0.2, 0) is 6.54 Å². The van der Waals surface area contributed by atoms with E-state index in [9.17, 15) is 4.79 Å². The van der Waals surface area contributed by atoms with E-state index >= 15 is 0 Å². The first-order chi connectivity index (χ1) is 22.1. The quantitative estimate of drug-likeness (QED) is 0.216. The van der Waals surface area contributed by atoms with Crippen LogP contribution < -0.4 is 31.8 Å². The van der Waals surface area contributed by atoms with Gasteiger partial charge < -0.3 is 13.9 Å². The van der Waals surface area contributed by atoms with Gasteiger partial charge in [-0.2, -0.15) is 4.98 Å². The summed E-state index contributed by atoms with van der Waals surface area (Å²) < 4.78 is 8.99. The number of aryl methyl sites for hydroxylation is 1. The maximum atomic E-state index is 12.8. The van der Waals surface area contributed by atoms with Crippen LogP contribution in [0.5, 0.6) is 0 Å². The van der Waals surface area contributed by atoms with E-state index in [1.54, 1.807) is 6.07 Å². The largest absolute Gasteiger partial charge is 0.416 e. The van der Waals surface area contributed by atoms with Gasteiger partial charge in [0.25, 0.3) is 16.9 Å². The maximum absolute atomic E-state index is 12.8. The standard InChI is InChI=1S/C39H35N3O2P/c1-28-20-22-30(23-21-28)37-40-38(39(44-37)41-25-29-24-31(27-41)35-18-11-19-36(43)42(35)26-29)45(32-12-5-2-6-13-32,33-14-7-3-8-15-33)34-16-9-4-10-17-34/h2-23,29,31H,24-27H2,1H3/q+1/t29-,31-/m0/s1. The van der Waals surface area contributed by atoms with Crippen LogP contribution in [0.2, 0.25) is 0 Å². The molecule has 0 spiro atoms. The van der Waals surface area contributed by atoms with Crippen LogP contribution in [0.1, 0.15) is 23.6 Å². The summed E-state index contributed by atoms with van der Waals surface area (Å²) in [6.07, 6.45) is 1.07. The summed E-state index contributed by atoms with van der Waals surface area (Å²) in [4.78, 5) is 20.8. The van der Waals surface area contributed by atoms with Gasteiger partial charge in [-0.1, -0.05) is 78.4 Å². The monoisotopic (exact) mass is 608 g/mol. The summed E-state index contributed by atoms with van der Waals surface area (Å²) in [5, 5.41) is 3.71. The SMILES string of the molecule is Cc1ccc(-c2nc([P+](c3ccccc3)(c3ccccc3)c3ccccc3)c(N3C[C@@H]4C[C@@H](C3)c3cccc(=O)n3C4)o2)cc1. The van der Waals surface area contributed by atoms with Gasteiger partial charge in [-0.3, -0.25) is 4.79 Å². The van der Waals surface area contributed by atoms with Crippen LogP contribution in [-0.4, -0.2) is 22.6 Å². The number of aromatic nitrogens is 2. The van der Waals surface area contributed by atoms with Gasteiger partial charge in [-0.15, -0.1) is 0 Å².